The molecule has 0 rings (SSSR count). The van der Waals surface area contributed by atoms with Crippen molar-refractivity contribution in [3.8, 4) is 0 Å². The molecular formula is C42H79NO4. The fourth-order valence-corrected chi connectivity index (χ4v) is 7.35. The molecule has 3 atom stereocenters. The Bertz CT molecular complexity index is 973. The molecule has 0 aliphatic heterocycles. The fourth-order valence-electron chi connectivity index (χ4n) is 7.35. The highest BCUT2D eigenvalue weighted by atomic mass is 16.5. The van der Waals surface area contributed by atoms with Crippen molar-refractivity contribution in [1.82, 2.24) is 4.90 Å². The zero-order valence-electron chi connectivity index (χ0n) is 34.1. The van der Waals surface area contributed by atoms with E-state index in [1.165, 1.54) is 0 Å². The predicted octanol–water partition coefficient (Wildman–Crippen LogP) is 11.5. The fraction of sp³-hybridized carbons (Fsp3) is 0.857. The van der Waals surface area contributed by atoms with Crippen LogP contribution in [-0.4, -0.2) is 50.2 Å². The molecule has 0 aliphatic carbocycles. The molecule has 0 N–H and O–H groups in total. The molecule has 0 saturated heterocycles. The first-order chi connectivity index (χ1) is 21.4. The Kier molecular flexibility index (Phi) is 19.5. The molecule has 5 heteroatoms. The number of carbonyl (C=O) groups excluding carboxylic acids is 2. The molecule has 0 heterocycles. The molecule has 0 aromatic rings. The minimum Gasteiger partial charge on any atom is -0.462 e. The van der Waals surface area contributed by atoms with Gasteiger partial charge in [0.1, 0.15) is 12.7 Å². The third kappa shape index (κ3) is 19.2. The molecule has 0 spiro atoms. The Morgan fingerprint density at radius 1 is 0.766 bits per heavy atom. The number of esters is 2. The van der Waals surface area contributed by atoms with Crippen LogP contribution in [0.4, 0.5) is 0 Å². The average Bonchev–Trinajstić information content (AvgIpc) is 2.91. The van der Waals surface area contributed by atoms with Gasteiger partial charge in [-0.1, -0.05) is 120 Å². The Labute approximate surface area is 293 Å². The molecule has 0 aromatic carbocycles. The van der Waals surface area contributed by atoms with Gasteiger partial charge in [0.05, 0.1) is 5.41 Å². The molecule has 0 radical (unpaired) electrons. The maximum Gasteiger partial charge on any atom is 0.311 e. The molecule has 0 amide bonds. The van der Waals surface area contributed by atoms with Crippen molar-refractivity contribution in [3.63, 3.8) is 0 Å². The smallest absolute Gasteiger partial charge is 0.311 e. The Morgan fingerprint density at radius 2 is 1.32 bits per heavy atom. The minimum absolute atomic E-state index is 0.0589. The van der Waals surface area contributed by atoms with Crippen LogP contribution in [0, 0.1) is 38.9 Å². The second-order valence-electron chi connectivity index (χ2n) is 18.4. The summed E-state index contributed by atoms with van der Waals surface area (Å²) in [5, 5.41) is 0. The summed E-state index contributed by atoms with van der Waals surface area (Å²) in [6.07, 6.45) is 17.3. The number of allylic oxidation sites excluding steroid dienone is 3. The van der Waals surface area contributed by atoms with Gasteiger partial charge in [0.2, 0.25) is 0 Å². The van der Waals surface area contributed by atoms with Crippen molar-refractivity contribution in [3.05, 3.63) is 24.3 Å². The largest absolute Gasteiger partial charge is 0.462 e. The number of nitrogens with zero attached hydrogens (tertiary/aromatic N) is 1. The van der Waals surface area contributed by atoms with E-state index >= 15 is 0 Å². The van der Waals surface area contributed by atoms with Crippen molar-refractivity contribution < 1.29 is 19.1 Å². The van der Waals surface area contributed by atoms with Gasteiger partial charge in [-0.2, -0.15) is 0 Å². The number of hydrogen-bond donors (Lipinski definition) is 0. The topological polar surface area (TPSA) is 55.8 Å². The van der Waals surface area contributed by atoms with Gasteiger partial charge >= 0.3 is 11.9 Å². The van der Waals surface area contributed by atoms with Crippen molar-refractivity contribution in [1.29, 1.82) is 0 Å². The van der Waals surface area contributed by atoms with Crippen LogP contribution in [-0.2, 0) is 19.1 Å². The van der Waals surface area contributed by atoms with Crippen LogP contribution in [0.25, 0.3) is 0 Å². The van der Waals surface area contributed by atoms with Gasteiger partial charge < -0.3 is 14.4 Å². The highest BCUT2D eigenvalue weighted by Gasteiger charge is 2.45. The summed E-state index contributed by atoms with van der Waals surface area (Å²) in [7, 11) is 4.05. The van der Waals surface area contributed by atoms with E-state index in [2.05, 4.69) is 106 Å². The highest BCUT2D eigenvalue weighted by molar-refractivity contribution is 5.76. The second kappa shape index (κ2) is 20.1. The first-order valence-electron chi connectivity index (χ1n) is 18.8. The monoisotopic (exact) mass is 662 g/mol. The number of hydrogen-bond acceptors (Lipinski definition) is 5. The summed E-state index contributed by atoms with van der Waals surface area (Å²) in [6.45, 7) is 32.1. The summed E-state index contributed by atoms with van der Waals surface area (Å²) in [6, 6.07) is 0. The van der Waals surface area contributed by atoms with Crippen LogP contribution >= 0.6 is 0 Å². The van der Waals surface area contributed by atoms with Gasteiger partial charge in [-0.25, -0.2) is 0 Å². The molecule has 5 nitrogen and oxygen atoms in total. The van der Waals surface area contributed by atoms with E-state index in [1.807, 2.05) is 34.0 Å². The molecule has 0 fully saturated rings. The van der Waals surface area contributed by atoms with Crippen molar-refractivity contribution in [2.45, 2.75) is 167 Å². The van der Waals surface area contributed by atoms with Gasteiger partial charge in [0, 0.05) is 11.8 Å². The molecular weight excluding hydrogens is 582 g/mol. The van der Waals surface area contributed by atoms with Gasteiger partial charge in [0.15, 0.2) is 0 Å². The van der Waals surface area contributed by atoms with Gasteiger partial charge in [-0.15, -0.1) is 0 Å². The number of rotatable bonds is 24. The van der Waals surface area contributed by atoms with Crippen molar-refractivity contribution in [2.24, 2.45) is 38.9 Å². The van der Waals surface area contributed by atoms with Crippen LogP contribution in [0.3, 0.4) is 0 Å². The van der Waals surface area contributed by atoms with E-state index in [9.17, 15) is 9.59 Å². The van der Waals surface area contributed by atoms with Crippen LogP contribution in [0.1, 0.15) is 161 Å². The molecule has 3 unspecified atom stereocenters. The standard InChI is InChI=1S/C42H79NO4/c1-17-19-24-41(13,26-25-39(9,10)30-34(5)6)31-35(47-36(44)22-20-27-43(15)16)42(14,18-2)32-40(11,12)37(45)46-28-21-23-38(7,8)29-33(3)4/h21,23,25-26,33-35H,17-20,22,24,27-32H2,1-16H3. The zero-order valence-corrected chi connectivity index (χ0v) is 34.1. The summed E-state index contributed by atoms with van der Waals surface area (Å²) < 4.78 is 12.3. The number of ether oxygens (including phenoxy) is 2. The third-order valence-electron chi connectivity index (χ3n) is 9.68. The van der Waals surface area contributed by atoms with Crippen LogP contribution < -0.4 is 0 Å². The van der Waals surface area contributed by atoms with Crippen LogP contribution in [0.5, 0.6) is 0 Å². The van der Waals surface area contributed by atoms with Gasteiger partial charge in [-0.05, 0) is 108 Å². The first-order valence-corrected chi connectivity index (χ1v) is 18.8. The maximum absolute atomic E-state index is 13.6. The van der Waals surface area contributed by atoms with E-state index < -0.39 is 10.8 Å². The quantitative estimate of drug-likeness (QED) is 0.0761. The van der Waals surface area contributed by atoms with E-state index in [4.69, 9.17) is 9.47 Å². The lowest BCUT2D eigenvalue weighted by molar-refractivity contribution is -0.164. The molecule has 276 valence electrons. The van der Waals surface area contributed by atoms with Crippen molar-refractivity contribution >= 4 is 11.9 Å². The SMILES string of the molecule is CCCCC(C)(C=CC(C)(C)CC(C)C)CC(OC(=O)CCCN(C)C)C(C)(CC)CC(C)(C)C(=O)OCC=CC(C)(C)CC(C)C. The summed E-state index contributed by atoms with van der Waals surface area (Å²) in [5.41, 5.74) is -1.16. The van der Waals surface area contributed by atoms with E-state index in [0.717, 1.165) is 57.9 Å². The predicted molar refractivity (Wildman–Crippen MR) is 202 cm³/mol. The number of carbonyl (C=O) groups is 2. The lowest BCUT2D eigenvalue weighted by atomic mass is 9.65. The molecule has 0 bridgehead atoms. The normalized spacial score (nSPS) is 16.7. The molecule has 0 aliphatic rings. The Balaban J connectivity index is 6.34. The maximum atomic E-state index is 13.6. The first kappa shape index (κ1) is 45.4. The zero-order chi connectivity index (χ0) is 36.7. The minimum atomic E-state index is -0.740. The Morgan fingerprint density at radius 3 is 1.81 bits per heavy atom. The lowest BCUT2D eigenvalue weighted by Gasteiger charge is -2.44. The van der Waals surface area contributed by atoms with E-state index in [-0.39, 0.29) is 40.9 Å². The molecule has 0 aromatic heterocycles. The summed E-state index contributed by atoms with van der Waals surface area (Å²) in [4.78, 5) is 29.1. The average molecular weight is 662 g/mol. The highest BCUT2D eigenvalue weighted by Crippen LogP contribution is 2.47. The van der Waals surface area contributed by atoms with Gasteiger partial charge in [0.25, 0.3) is 0 Å². The summed E-state index contributed by atoms with van der Waals surface area (Å²) >= 11 is 0. The van der Waals surface area contributed by atoms with E-state index in [1.54, 1.807) is 0 Å². The Hall–Kier alpha value is -1.62. The third-order valence-corrected chi connectivity index (χ3v) is 9.68. The lowest BCUT2D eigenvalue weighted by Crippen LogP contribution is -2.44. The number of unbranched alkanes of at least 4 members (excludes halogenated alkanes) is 1. The summed E-state index contributed by atoms with van der Waals surface area (Å²) in [5.74, 6) is 0.861. The van der Waals surface area contributed by atoms with Crippen LogP contribution in [0.2, 0.25) is 0 Å². The van der Waals surface area contributed by atoms with Gasteiger partial charge in [-0.3, -0.25) is 9.59 Å². The van der Waals surface area contributed by atoms with Crippen LogP contribution in [0.15, 0.2) is 24.3 Å². The molecule has 0 saturated carbocycles. The molecule has 47 heavy (non-hydrogen) atoms. The van der Waals surface area contributed by atoms with E-state index in [0.29, 0.717) is 24.7 Å². The second-order valence-corrected chi connectivity index (χ2v) is 18.4. The van der Waals surface area contributed by atoms with Crippen molar-refractivity contribution in [2.75, 3.05) is 27.2 Å².